The summed E-state index contributed by atoms with van der Waals surface area (Å²) in [6.07, 6.45) is 5.75. The predicted molar refractivity (Wildman–Crippen MR) is 113 cm³/mol. The average Bonchev–Trinajstić information content (AvgIpc) is 3.02. The lowest BCUT2D eigenvalue weighted by Gasteiger charge is -2.11. The van der Waals surface area contributed by atoms with E-state index in [9.17, 15) is 0 Å². The minimum absolute atomic E-state index is 0.623. The lowest BCUT2D eigenvalue weighted by Crippen LogP contribution is -1.95. The lowest BCUT2D eigenvalue weighted by atomic mass is 9.95. The maximum absolute atomic E-state index is 4.13. The van der Waals surface area contributed by atoms with Crippen molar-refractivity contribution in [2.45, 2.75) is 47.0 Å². The van der Waals surface area contributed by atoms with E-state index in [4.69, 9.17) is 0 Å². The zero-order valence-corrected chi connectivity index (χ0v) is 16.1. The van der Waals surface area contributed by atoms with E-state index in [-0.39, 0.29) is 0 Å². The van der Waals surface area contributed by atoms with Crippen LogP contribution in [0.3, 0.4) is 0 Å². The fourth-order valence-electron chi connectivity index (χ4n) is 2.74. The van der Waals surface area contributed by atoms with Crippen molar-refractivity contribution >= 4 is 11.6 Å². The zero-order chi connectivity index (χ0) is 18.7. The van der Waals surface area contributed by atoms with E-state index in [0.29, 0.717) is 5.92 Å². The molecular formula is C24H34. The van der Waals surface area contributed by atoms with E-state index in [1.54, 1.807) is 11.1 Å². The number of benzene rings is 1. The molecule has 0 heterocycles. The minimum atomic E-state index is 0.623. The fourth-order valence-corrected chi connectivity index (χ4v) is 2.74. The Morgan fingerprint density at radius 2 is 1.67 bits per heavy atom. The van der Waals surface area contributed by atoms with Crippen LogP contribution in [-0.2, 0) is 0 Å². The van der Waals surface area contributed by atoms with Crippen LogP contribution in [0, 0.1) is 5.92 Å². The summed E-state index contributed by atoms with van der Waals surface area (Å²) >= 11 is 0. The fraction of sp³-hybridized carbons (Fsp3) is 0.333. The quantitative estimate of drug-likeness (QED) is 0.495. The highest BCUT2D eigenvalue weighted by Crippen LogP contribution is 2.33. The third kappa shape index (κ3) is 6.58. The molecule has 0 fully saturated rings. The SMILES string of the molecule is C=C.C=C(C1=C(C)CCC1)C(C)C.C=Cc1ccccc1C(=C)C. The van der Waals surface area contributed by atoms with Crippen LogP contribution in [0.1, 0.15) is 58.1 Å². The summed E-state index contributed by atoms with van der Waals surface area (Å²) in [5.41, 5.74) is 7.91. The highest BCUT2D eigenvalue weighted by atomic mass is 14.2. The summed E-state index contributed by atoms with van der Waals surface area (Å²) in [5, 5.41) is 0. The van der Waals surface area contributed by atoms with Gasteiger partial charge in [-0.3, -0.25) is 0 Å². The number of hydrogen-bond donors (Lipinski definition) is 0. The Balaban J connectivity index is 0.000000400. The van der Waals surface area contributed by atoms with E-state index < -0.39 is 0 Å². The molecule has 1 aliphatic rings. The monoisotopic (exact) mass is 322 g/mol. The second-order valence-corrected chi connectivity index (χ2v) is 6.36. The van der Waals surface area contributed by atoms with Crippen molar-refractivity contribution in [3.8, 4) is 0 Å². The molecule has 0 atom stereocenters. The van der Waals surface area contributed by atoms with Gasteiger partial charge in [0.15, 0.2) is 0 Å². The van der Waals surface area contributed by atoms with Crippen molar-refractivity contribution in [3.63, 3.8) is 0 Å². The average molecular weight is 323 g/mol. The zero-order valence-electron chi connectivity index (χ0n) is 16.1. The van der Waals surface area contributed by atoms with Gasteiger partial charge in [-0.15, -0.1) is 13.2 Å². The van der Waals surface area contributed by atoms with Gasteiger partial charge < -0.3 is 0 Å². The number of rotatable bonds is 4. The molecule has 0 nitrogen and oxygen atoms in total. The van der Waals surface area contributed by atoms with Gasteiger partial charge in [-0.1, -0.05) is 75.1 Å². The van der Waals surface area contributed by atoms with Gasteiger partial charge >= 0.3 is 0 Å². The first-order chi connectivity index (χ1) is 11.4. The summed E-state index contributed by atoms with van der Waals surface area (Å²) in [7, 11) is 0. The van der Waals surface area contributed by atoms with Gasteiger partial charge in [0.1, 0.15) is 0 Å². The molecule has 0 heteroatoms. The molecule has 0 saturated heterocycles. The van der Waals surface area contributed by atoms with Gasteiger partial charge in [0, 0.05) is 0 Å². The Bertz CT molecular complexity index is 596. The van der Waals surface area contributed by atoms with Crippen molar-refractivity contribution < 1.29 is 0 Å². The van der Waals surface area contributed by atoms with Crippen molar-refractivity contribution in [1.29, 1.82) is 0 Å². The first kappa shape index (κ1) is 21.9. The molecule has 1 aromatic rings. The molecule has 0 N–H and O–H groups in total. The molecule has 0 saturated carbocycles. The standard InChI is InChI=1S/C11H18.C11H12.C2H4/c1-8(2)10(4)11-7-5-6-9(11)3;1-4-10-7-5-6-8-11(10)9(2)3;1-2/h8H,4-7H2,1-3H3;4-8H,1-2H2,3H3;1-2H2. The topological polar surface area (TPSA) is 0 Å². The first-order valence-corrected chi connectivity index (χ1v) is 8.63. The molecule has 1 aliphatic carbocycles. The summed E-state index contributed by atoms with van der Waals surface area (Å²) in [5.74, 6) is 0.623. The van der Waals surface area contributed by atoms with E-state index in [2.05, 4.69) is 59.7 Å². The molecule has 0 aliphatic heterocycles. The van der Waals surface area contributed by atoms with Crippen LogP contribution in [0.15, 0.2) is 73.9 Å². The van der Waals surface area contributed by atoms with Crippen LogP contribution in [-0.4, -0.2) is 0 Å². The first-order valence-electron chi connectivity index (χ1n) is 8.63. The van der Waals surface area contributed by atoms with Crippen LogP contribution < -0.4 is 0 Å². The summed E-state index contributed by atoms with van der Waals surface area (Å²) in [6.45, 7) is 26.4. The van der Waals surface area contributed by atoms with Gasteiger partial charge in [0.2, 0.25) is 0 Å². The lowest BCUT2D eigenvalue weighted by molar-refractivity contribution is 0.766. The minimum Gasteiger partial charge on any atom is -0.106 e. The highest BCUT2D eigenvalue weighted by molar-refractivity contribution is 5.71. The van der Waals surface area contributed by atoms with Crippen LogP contribution in [0.4, 0.5) is 0 Å². The highest BCUT2D eigenvalue weighted by Gasteiger charge is 2.14. The van der Waals surface area contributed by atoms with Crippen LogP contribution in [0.2, 0.25) is 0 Å². The predicted octanol–water partition coefficient (Wildman–Crippen LogP) is 7.86. The molecule has 2 rings (SSSR count). The van der Waals surface area contributed by atoms with Crippen molar-refractivity contribution in [3.05, 3.63) is 85.0 Å². The van der Waals surface area contributed by atoms with E-state index in [0.717, 1.165) is 11.1 Å². The molecule has 0 amide bonds. The Kier molecular flexibility index (Phi) is 10.5. The largest absolute Gasteiger partial charge is 0.106 e. The number of hydrogen-bond acceptors (Lipinski definition) is 0. The van der Waals surface area contributed by atoms with Crippen molar-refractivity contribution in [1.82, 2.24) is 0 Å². The smallest absolute Gasteiger partial charge is 0.0161 e. The van der Waals surface area contributed by atoms with Crippen molar-refractivity contribution in [2.75, 3.05) is 0 Å². The van der Waals surface area contributed by atoms with Gasteiger partial charge in [0.25, 0.3) is 0 Å². The van der Waals surface area contributed by atoms with Crippen LogP contribution in [0.25, 0.3) is 11.6 Å². The van der Waals surface area contributed by atoms with Crippen molar-refractivity contribution in [2.24, 2.45) is 5.92 Å². The molecule has 130 valence electrons. The maximum Gasteiger partial charge on any atom is -0.0161 e. The Hall–Kier alpha value is -2.08. The summed E-state index contributed by atoms with van der Waals surface area (Å²) in [4.78, 5) is 0. The van der Waals surface area contributed by atoms with Crippen LogP contribution >= 0.6 is 0 Å². The van der Waals surface area contributed by atoms with Crippen LogP contribution in [0.5, 0.6) is 0 Å². The number of allylic oxidation sites excluding steroid dienone is 4. The van der Waals surface area contributed by atoms with Gasteiger partial charge in [-0.25, -0.2) is 0 Å². The Labute approximate surface area is 150 Å². The molecule has 0 aromatic heterocycles. The second kappa shape index (κ2) is 11.5. The Morgan fingerprint density at radius 1 is 1.08 bits per heavy atom. The van der Waals surface area contributed by atoms with Gasteiger partial charge in [-0.05, 0) is 61.3 Å². The van der Waals surface area contributed by atoms with Gasteiger partial charge in [-0.2, -0.15) is 0 Å². The maximum atomic E-state index is 4.13. The van der Waals surface area contributed by atoms with E-state index in [1.807, 2.05) is 31.2 Å². The molecule has 0 bridgehead atoms. The summed E-state index contributed by atoms with van der Waals surface area (Å²) < 4.78 is 0. The van der Waals surface area contributed by atoms with E-state index >= 15 is 0 Å². The molecule has 1 aromatic carbocycles. The normalized spacial score (nSPS) is 12.7. The third-order valence-electron chi connectivity index (χ3n) is 4.22. The van der Waals surface area contributed by atoms with Gasteiger partial charge in [0.05, 0.1) is 0 Å². The Morgan fingerprint density at radius 3 is 2.04 bits per heavy atom. The molecule has 0 spiro atoms. The third-order valence-corrected chi connectivity index (χ3v) is 4.22. The molecular weight excluding hydrogens is 288 g/mol. The molecule has 0 unspecified atom stereocenters. The summed E-state index contributed by atoms with van der Waals surface area (Å²) in [6, 6.07) is 8.11. The molecule has 0 radical (unpaired) electrons. The van der Waals surface area contributed by atoms with E-state index in [1.165, 1.54) is 30.4 Å². The molecule has 24 heavy (non-hydrogen) atoms. The second-order valence-electron chi connectivity index (χ2n) is 6.36.